The molecule has 0 fully saturated rings. The molecule has 1 atom stereocenters. The second-order valence-electron chi connectivity index (χ2n) is 5.51. The van der Waals surface area contributed by atoms with E-state index in [0.29, 0.717) is 29.2 Å². The molecule has 0 aliphatic carbocycles. The summed E-state index contributed by atoms with van der Waals surface area (Å²) in [6, 6.07) is 13.9. The summed E-state index contributed by atoms with van der Waals surface area (Å²) in [5.41, 5.74) is 9.22. The summed E-state index contributed by atoms with van der Waals surface area (Å²) in [5.74, 6) is 1.29. The number of nitrogens with zero attached hydrogens (tertiary/aromatic N) is 1. The summed E-state index contributed by atoms with van der Waals surface area (Å²) < 4.78 is 5.12. The molecule has 2 rings (SSSR count). The zero-order valence-corrected chi connectivity index (χ0v) is 17.1. The molecule has 2 aromatic rings. The van der Waals surface area contributed by atoms with Crippen molar-refractivity contribution < 1.29 is 4.74 Å². The van der Waals surface area contributed by atoms with Crippen LogP contribution in [0.3, 0.4) is 0 Å². The van der Waals surface area contributed by atoms with Crippen LogP contribution in [-0.4, -0.2) is 19.6 Å². The van der Waals surface area contributed by atoms with Crippen molar-refractivity contribution in [2.75, 3.05) is 19.0 Å². The Morgan fingerprint density at radius 2 is 1.92 bits per heavy atom. The van der Waals surface area contributed by atoms with Gasteiger partial charge in [-0.2, -0.15) is 0 Å². The number of anilines is 1. The lowest BCUT2D eigenvalue weighted by atomic mass is 10.0. The number of ether oxygens (including phenoxy) is 1. The van der Waals surface area contributed by atoms with Gasteiger partial charge in [-0.1, -0.05) is 48.4 Å². The highest BCUT2D eigenvalue weighted by molar-refractivity contribution is 14.0. The van der Waals surface area contributed by atoms with E-state index in [9.17, 15) is 0 Å². The molecule has 1 unspecified atom stereocenters. The number of methoxy groups -OCH3 is 1. The minimum absolute atomic E-state index is 0. The summed E-state index contributed by atoms with van der Waals surface area (Å²) in [7, 11) is 1.58. The number of benzene rings is 2. The molecule has 6 heteroatoms. The van der Waals surface area contributed by atoms with E-state index in [1.54, 1.807) is 19.2 Å². The predicted octanol–water partition coefficient (Wildman–Crippen LogP) is 4.81. The third-order valence-electron chi connectivity index (χ3n) is 3.61. The fourth-order valence-electron chi connectivity index (χ4n) is 2.17. The van der Waals surface area contributed by atoms with Crippen LogP contribution in [0.5, 0.6) is 5.75 Å². The molecule has 0 bridgehead atoms. The lowest BCUT2D eigenvalue weighted by Crippen LogP contribution is -2.23. The number of nitrogens with two attached hydrogens (primary N) is 1. The first-order chi connectivity index (χ1) is 11.0. The molecule has 4 nitrogen and oxygen atoms in total. The second-order valence-corrected chi connectivity index (χ2v) is 5.92. The van der Waals surface area contributed by atoms with Crippen LogP contribution in [0.25, 0.3) is 0 Å². The van der Waals surface area contributed by atoms with E-state index >= 15 is 0 Å². The number of guanidine groups is 1. The SMILES string of the molecule is COc1ccc(NC(N)=NCC(C)c2ccc(C)cc2)cc1Cl.I. The van der Waals surface area contributed by atoms with Gasteiger partial charge in [-0.05, 0) is 30.7 Å². The molecule has 0 aromatic heterocycles. The fourth-order valence-corrected chi connectivity index (χ4v) is 2.42. The maximum atomic E-state index is 6.09. The molecule has 0 aliphatic heterocycles. The highest BCUT2D eigenvalue weighted by Gasteiger charge is 2.06. The number of hydrogen-bond acceptors (Lipinski definition) is 2. The molecule has 0 saturated heterocycles. The zero-order chi connectivity index (χ0) is 16.8. The van der Waals surface area contributed by atoms with Gasteiger partial charge in [0.05, 0.1) is 12.1 Å². The highest BCUT2D eigenvalue weighted by atomic mass is 127. The number of aliphatic imine (C=N–C) groups is 1. The summed E-state index contributed by atoms with van der Waals surface area (Å²) in [5, 5.41) is 3.56. The van der Waals surface area contributed by atoms with E-state index in [1.807, 2.05) is 6.07 Å². The number of hydrogen-bond donors (Lipinski definition) is 2. The molecular weight excluding hydrogens is 437 g/mol. The predicted molar refractivity (Wildman–Crippen MR) is 113 cm³/mol. The van der Waals surface area contributed by atoms with Crippen LogP contribution >= 0.6 is 35.6 Å². The highest BCUT2D eigenvalue weighted by Crippen LogP contribution is 2.27. The van der Waals surface area contributed by atoms with Crippen LogP contribution in [0.4, 0.5) is 5.69 Å². The van der Waals surface area contributed by atoms with Crippen molar-refractivity contribution in [3.63, 3.8) is 0 Å². The zero-order valence-electron chi connectivity index (χ0n) is 14.0. The number of aryl methyl sites for hydroxylation is 1. The summed E-state index contributed by atoms with van der Waals surface area (Å²) in [4.78, 5) is 4.40. The minimum atomic E-state index is 0. The van der Waals surface area contributed by atoms with Crippen molar-refractivity contribution in [1.29, 1.82) is 0 Å². The molecule has 0 amide bonds. The Morgan fingerprint density at radius 3 is 2.50 bits per heavy atom. The first kappa shape index (κ1) is 20.6. The van der Waals surface area contributed by atoms with Crippen LogP contribution in [-0.2, 0) is 0 Å². The Hall–Kier alpha value is -1.47. The standard InChI is InChI=1S/C18H22ClN3O.HI/c1-12-4-6-14(7-5-12)13(2)11-21-18(20)22-15-8-9-17(23-3)16(19)10-15;/h4-10,13H,11H2,1-3H3,(H3,20,21,22);1H. The molecule has 0 heterocycles. The Balaban J connectivity index is 0.00000288. The number of halogens is 2. The molecule has 2 aromatic carbocycles. The average Bonchev–Trinajstić information content (AvgIpc) is 2.53. The maximum Gasteiger partial charge on any atom is 0.193 e. The van der Waals surface area contributed by atoms with Gasteiger partial charge in [-0.25, -0.2) is 0 Å². The normalized spacial score (nSPS) is 12.2. The fraction of sp³-hybridized carbons (Fsp3) is 0.278. The molecule has 0 aliphatic rings. The molecule has 130 valence electrons. The Labute approximate surface area is 165 Å². The maximum absolute atomic E-state index is 6.09. The van der Waals surface area contributed by atoms with Crippen LogP contribution in [0, 0.1) is 6.92 Å². The summed E-state index contributed by atoms with van der Waals surface area (Å²) in [6.45, 7) is 4.83. The van der Waals surface area contributed by atoms with Crippen molar-refractivity contribution in [2.24, 2.45) is 10.7 Å². The lowest BCUT2D eigenvalue weighted by Gasteiger charge is -2.11. The van der Waals surface area contributed by atoms with Crippen molar-refractivity contribution >= 4 is 47.2 Å². The van der Waals surface area contributed by atoms with Crippen LogP contribution < -0.4 is 15.8 Å². The quantitative estimate of drug-likeness (QED) is 0.383. The van der Waals surface area contributed by atoms with Gasteiger partial charge in [0.1, 0.15) is 5.75 Å². The number of nitrogens with one attached hydrogen (secondary N) is 1. The lowest BCUT2D eigenvalue weighted by molar-refractivity contribution is 0.415. The average molecular weight is 460 g/mol. The molecule has 0 spiro atoms. The molecule has 0 radical (unpaired) electrons. The van der Waals surface area contributed by atoms with Crippen molar-refractivity contribution in [1.82, 2.24) is 0 Å². The second kappa shape index (κ2) is 9.74. The van der Waals surface area contributed by atoms with Gasteiger partial charge < -0.3 is 15.8 Å². The van der Waals surface area contributed by atoms with Gasteiger partial charge in [0.2, 0.25) is 0 Å². The topological polar surface area (TPSA) is 59.6 Å². The first-order valence-electron chi connectivity index (χ1n) is 7.46. The third-order valence-corrected chi connectivity index (χ3v) is 3.90. The molecular formula is C18H23ClIN3O. The summed E-state index contributed by atoms with van der Waals surface area (Å²) >= 11 is 6.09. The Kier molecular flexibility index (Phi) is 8.35. The van der Waals surface area contributed by atoms with E-state index < -0.39 is 0 Å². The molecule has 0 saturated carbocycles. The van der Waals surface area contributed by atoms with Crippen LogP contribution in [0.15, 0.2) is 47.5 Å². The van der Waals surface area contributed by atoms with Crippen LogP contribution in [0.2, 0.25) is 5.02 Å². The van der Waals surface area contributed by atoms with Gasteiger partial charge in [0.15, 0.2) is 5.96 Å². The van der Waals surface area contributed by atoms with E-state index in [4.69, 9.17) is 22.1 Å². The first-order valence-corrected chi connectivity index (χ1v) is 7.84. The van der Waals surface area contributed by atoms with E-state index in [1.165, 1.54) is 11.1 Å². The van der Waals surface area contributed by atoms with E-state index in [2.05, 4.69) is 48.4 Å². The van der Waals surface area contributed by atoms with Crippen molar-refractivity contribution in [3.05, 3.63) is 58.6 Å². The van der Waals surface area contributed by atoms with Crippen molar-refractivity contribution in [3.8, 4) is 5.75 Å². The van der Waals surface area contributed by atoms with Gasteiger partial charge in [-0.3, -0.25) is 4.99 Å². The minimum Gasteiger partial charge on any atom is -0.495 e. The monoisotopic (exact) mass is 459 g/mol. The van der Waals surface area contributed by atoms with Crippen molar-refractivity contribution in [2.45, 2.75) is 19.8 Å². The largest absolute Gasteiger partial charge is 0.495 e. The smallest absolute Gasteiger partial charge is 0.193 e. The van der Waals surface area contributed by atoms with Crippen LogP contribution in [0.1, 0.15) is 24.0 Å². The van der Waals surface area contributed by atoms with Gasteiger partial charge in [0, 0.05) is 18.2 Å². The Morgan fingerprint density at radius 1 is 1.25 bits per heavy atom. The Bertz CT molecular complexity index is 689. The third kappa shape index (κ3) is 5.87. The number of rotatable bonds is 5. The van der Waals surface area contributed by atoms with Gasteiger partial charge in [-0.15, -0.1) is 24.0 Å². The molecule has 24 heavy (non-hydrogen) atoms. The molecule has 3 N–H and O–H groups in total. The van der Waals surface area contributed by atoms with Gasteiger partial charge >= 0.3 is 0 Å². The van der Waals surface area contributed by atoms with Gasteiger partial charge in [0.25, 0.3) is 0 Å². The summed E-state index contributed by atoms with van der Waals surface area (Å²) in [6.07, 6.45) is 0. The van der Waals surface area contributed by atoms with E-state index in [0.717, 1.165) is 5.69 Å². The van der Waals surface area contributed by atoms with E-state index in [-0.39, 0.29) is 24.0 Å².